The first-order valence-corrected chi connectivity index (χ1v) is 9.40. The van der Waals surface area contributed by atoms with Gasteiger partial charge in [-0.15, -0.1) is 0 Å². The van der Waals surface area contributed by atoms with Crippen molar-refractivity contribution in [1.29, 1.82) is 0 Å². The van der Waals surface area contributed by atoms with Gasteiger partial charge in [0.25, 0.3) is 0 Å². The van der Waals surface area contributed by atoms with Crippen molar-refractivity contribution in [2.24, 2.45) is 5.92 Å². The Bertz CT molecular complexity index is 874. The Kier molecular flexibility index (Phi) is 5.87. The Morgan fingerprint density at radius 3 is 2.56 bits per heavy atom. The smallest absolute Gasteiger partial charge is 0.134 e. The molecule has 1 heterocycles. The third-order valence-corrected chi connectivity index (χ3v) is 5.16. The fourth-order valence-electron chi connectivity index (χ4n) is 2.52. The number of aromatic nitrogens is 1. The maximum Gasteiger partial charge on any atom is 0.134 e. The molecular formula is C22H22BrNO. The van der Waals surface area contributed by atoms with E-state index >= 15 is 0 Å². The number of fused-ring (bicyclic) bond motifs is 1. The molecule has 0 radical (unpaired) electrons. The quantitative estimate of drug-likeness (QED) is 0.469. The first kappa shape index (κ1) is 17.7. The summed E-state index contributed by atoms with van der Waals surface area (Å²) >= 11 is 3.70. The van der Waals surface area contributed by atoms with Crippen molar-refractivity contribution in [3.63, 3.8) is 0 Å². The van der Waals surface area contributed by atoms with E-state index in [1.165, 1.54) is 16.3 Å². The Morgan fingerprint density at radius 2 is 1.80 bits per heavy atom. The molecule has 2 nitrogen and oxygen atoms in total. The normalized spacial score (nSPS) is 12.6. The zero-order chi connectivity index (χ0) is 17.6. The van der Waals surface area contributed by atoms with E-state index in [0.717, 1.165) is 28.8 Å². The lowest BCUT2D eigenvalue weighted by molar-refractivity contribution is 0.255. The number of ether oxygens (including phenoxy) is 1. The minimum Gasteiger partial charge on any atom is -0.492 e. The SMILES string of the molecule is CC[C@H](C)COc1ccc2cc(/C=C/c3ccncc3)ccc2c1Br. The summed E-state index contributed by atoms with van der Waals surface area (Å²) in [7, 11) is 0. The summed E-state index contributed by atoms with van der Waals surface area (Å²) in [5, 5.41) is 2.36. The highest BCUT2D eigenvalue weighted by Gasteiger charge is 2.08. The first-order chi connectivity index (χ1) is 12.2. The van der Waals surface area contributed by atoms with Crippen LogP contribution in [0.1, 0.15) is 31.4 Å². The van der Waals surface area contributed by atoms with E-state index in [-0.39, 0.29) is 0 Å². The van der Waals surface area contributed by atoms with Crippen LogP contribution in [0.3, 0.4) is 0 Å². The summed E-state index contributed by atoms with van der Waals surface area (Å²) in [6.45, 7) is 5.13. The Morgan fingerprint density at radius 1 is 1.04 bits per heavy atom. The Labute approximate surface area is 157 Å². The van der Waals surface area contributed by atoms with Gasteiger partial charge in [-0.3, -0.25) is 4.98 Å². The molecule has 3 heteroatoms. The maximum atomic E-state index is 5.97. The topological polar surface area (TPSA) is 22.1 Å². The lowest BCUT2D eigenvalue weighted by atomic mass is 10.1. The van der Waals surface area contributed by atoms with E-state index < -0.39 is 0 Å². The number of hydrogen-bond donors (Lipinski definition) is 0. The number of rotatable bonds is 6. The van der Waals surface area contributed by atoms with Crippen LogP contribution < -0.4 is 4.74 Å². The average molecular weight is 396 g/mol. The minimum atomic E-state index is 0.559. The molecule has 25 heavy (non-hydrogen) atoms. The second-order valence-corrected chi connectivity index (χ2v) is 7.09. The summed E-state index contributed by atoms with van der Waals surface area (Å²) in [5.41, 5.74) is 2.31. The van der Waals surface area contributed by atoms with Gasteiger partial charge in [0.15, 0.2) is 0 Å². The average Bonchev–Trinajstić information content (AvgIpc) is 2.66. The zero-order valence-electron chi connectivity index (χ0n) is 14.6. The van der Waals surface area contributed by atoms with Crippen LogP contribution in [0.15, 0.2) is 59.3 Å². The van der Waals surface area contributed by atoms with E-state index in [2.05, 4.69) is 71.2 Å². The molecule has 0 bridgehead atoms. The van der Waals surface area contributed by atoms with Crippen LogP contribution in [-0.4, -0.2) is 11.6 Å². The van der Waals surface area contributed by atoms with Crippen LogP contribution in [-0.2, 0) is 0 Å². The van der Waals surface area contributed by atoms with E-state index in [1.807, 2.05) is 18.2 Å². The van der Waals surface area contributed by atoms with E-state index in [4.69, 9.17) is 4.74 Å². The van der Waals surface area contributed by atoms with E-state index in [1.54, 1.807) is 12.4 Å². The summed E-state index contributed by atoms with van der Waals surface area (Å²) < 4.78 is 6.99. The standard InChI is InChI=1S/C22H22BrNO/c1-3-16(2)15-25-21-9-7-19-14-18(6-8-20(19)22(21)23)5-4-17-10-12-24-13-11-17/h4-14,16H,3,15H2,1-2H3/b5-4+/t16-/m0/s1. The van der Waals surface area contributed by atoms with Gasteiger partial charge in [-0.1, -0.05) is 50.6 Å². The summed E-state index contributed by atoms with van der Waals surface area (Å²) in [4.78, 5) is 4.04. The molecule has 0 N–H and O–H groups in total. The molecule has 3 rings (SSSR count). The number of benzene rings is 2. The molecule has 0 saturated heterocycles. The molecule has 0 saturated carbocycles. The lowest BCUT2D eigenvalue weighted by Gasteiger charge is -2.13. The number of nitrogens with zero attached hydrogens (tertiary/aromatic N) is 1. The van der Waals surface area contributed by atoms with Gasteiger partial charge in [-0.05, 0) is 68.0 Å². The second kappa shape index (κ2) is 8.30. The van der Waals surface area contributed by atoms with Crippen molar-refractivity contribution < 1.29 is 4.74 Å². The van der Waals surface area contributed by atoms with Crippen molar-refractivity contribution in [1.82, 2.24) is 4.98 Å². The van der Waals surface area contributed by atoms with Crippen molar-refractivity contribution in [3.8, 4) is 5.75 Å². The zero-order valence-corrected chi connectivity index (χ0v) is 16.2. The van der Waals surface area contributed by atoms with Gasteiger partial charge in [-0.2, -0.15) is 0 Å². The molecule has 0 fully saturated rings. The molecule has 0 aliphatic carbocycles. The molecule has 3 aromatic rings. The van der Waals surface area contributed by atoms with E-state index in [0.29, 0.717) is 5.92 Å². The molecule has 0 spiro atoms. The maximum absolute atomic E-state index is 5.97. The van der Waals surface area contributed by atoms with Crippen molar-refractivity contribution in [3.05, 3.63) is 70.5 Å². The van der Waals surface area contributed by atoms with Gasteiger partial charge in [-0.25, -0.2) is 0 Å². The van der Waals surface area contributed by atoms with Gasteiger partial charge in [0.2, 0.25) is 0 Å². The molecule has 0 aliphatic rings. The first-order valence-electron chi connectivity index (χ1n) is 8.60. The van der Waals surface area contributed by atoms with Gasteiger partial charge < -0.3 is 4.74 Å². The molecule has 1 aromatic heterocycles. The lowest BCUT2D eigenvalue weighted by Crippen LogP contribution is -2.07. The molecule has 0 unspecified atom stereocenters. The van der Waals surface area contributed by atoms with Gasteiger partial charge in [0, 0.05) is 12.4 Å². The number of hydrogen-bond acceptors (Lipinski definition) is 2. The van der Waals surface area contributed by atoms with Crippen LogP contribution in [0.25, 0.3) is 22.9 Å². The fraction of sp³-hybridized carbons (Fsp3) is 0.227. The molecule has 0 aliphatic heterocycles. The highest BCUT2D eigenvalue weighted by Crippen LogP contribution is 2.34. The molecule has 0 amide bonds. The largest absolute Gasteiger partial charge is 0.492 e. The minimum absolute atomic E-state index is 0.559. The van der Waals surface area contributed by atoms with Crippen LogP contribution in [0.4, 0.5) is 0 Å². The third kappa shape index (κ3) is 4.49. The number of halogens is 1. The monoisotopic (exact) mass is 395 g/mol. The van der Waals surface area contributed by atoms with Crippen LogP contribution >= 0.6 is 15.9 Å². The molecule has 2 aromatic carbocycles. The van der Waals surface area contributed by atoms with Gasteiger partial charge in [0.1, 0.15) is 5.75 Å². The van der Waals surface area contributed by atoms with Crippen LogP contribution in [0.5, 0.6) is 5.75 Å². The predicted molar refractivity (Wildman–Crippen MR) is 110 cm³/mol. The highest BCUT2D eigenvalue weighted by molar-refractivity contribution is 9.10. The molecule has 128 valence electrons. The summed E-state index contributed by atoms with van der Waals surface area (Å²) in [6.07, 6.45) is 8.95. The third-order valence-electron chi connectivity index (χ3n) is 4.34. The fourth-order valence-corrected chi connectivity index (χ4v) is 3.13. The molecular weight excluding hydrogens is 374 g/mol. The Balaban J connectivity index is 1.83. The van der Waals surface area contributed by atoms with Crippen LogP contribution in [0, 0.1) is 5.92 Å². The van der Waals surface area contributed by atoms with Gasteiger partial charge >= 0.3 is 0 Å². The second-order valence-electron chi connectivity index (χ2n) is 6.30. The van der Waals surface area contributed by atoms with Crippen LogP contribution in [0.2, 0.25) is 0 Å². The highest BCUT2D eigenvalue weighted by atomic mass is 79.9. The predicted octanol–water partition coefficient (Wildman–Crippen LogP) is 6.59. The van der Waals surface area contributed by atoms with Crippen molar-refractivity contribution in [2.75, 3.05) is 6.61 Å². The van der Waals surface area contributed by atoms with Gasteiger partial charge in [0.05, 0.1) is 11.1 Å². The summed E-state index contributed by atoms with van der Waals surface area (Å²) in [5.74, 6) is 1.47. The molecule has 1 atom stereocenters. The Hall–Kier alpha value is -2.13. The number of pyridine rings is 1. The van der Waals surface area contributed by atoms with Crippen molar-refractivity contribution in [2.45, 2.75) is 20.3 Å². The van der Waals surface area contributed by atoms with Crippen molar-refractivity contribution >= 4 is 38.9 Å². The summed E-state index contributed by atoms with van der Waals surface area (Å²) in [6, 6.07) is 14.6. The van der Waals surface area contributed by atoms with E-state index in [9.17, 15) is 0 Å².